The van der Waals surface area contributed by atoms with Crippen LogP contribution in [0.1, 0.15) is 0 Å². The topological polar surface area (TPSA) is 277 Å². The van der Waals surface area contributed by atoms with E-state index < -0.39 is 0 Å². The number of furan rings is 2. The Bertz CT molecular complexity index is 1610. The van der Waals surface area contributed by atoms with Crippen molar-refractivity contribution in [3.8, 4) is 0 Å². The van der Waals surface area contributed by atoms with Gasteiger partial charge in [0.1, 0.15) is 29.5 Å². The van der Waals surface area contributed by atoms with Crippen molar-refractivity contribution in [2.75, 3.05) is 111 Å². The minimum atomic E-state index is 0.583. The van der Waals surface area contributed by atoms with Crippen LogP contribution in [0.15, 0.2) is 149 Å². The van der Waals surface area contributed by atoms with Crippen LogP contribution in [-0.4, -0.2) is 97.7 Å². The third-order valence-electron chi connectivity index (χ3n) is 6.38. The van der Waals surface area contributed by atoms with Gasteiger partial charge in [-0.15, -0.1) is 16.4 Å². The molecular weight excluding hydrogens is 873 g/mol. The molecule has 63 heavy (non-hydrogen) atoms. The van der Waals surface area contributed by atoms with Crippen molar-refractivity contribution in [1.29, 1.82) is 0 Å². The summed E-state index contributed by atoms with van der Waals surface area (Å²) in [5, 5.41) is 42.1. The standard InChI is InChI=1S/2C5H7NO.C5H7NS.3C4H6N2O.2C4H6N2S.C3H5N3O/c1-6-5-2-3-7-4-5;2*1-6-5-3-2-4-7-5;1-5-4-2-7-3-6-4;1-5-4-2-6-3-7-4;1-5-4-2-3-6-7-4;1-5-4-2-3-7-6-4;1-5-4-2-3-6-7-4;1-4-3-2-5-6-7-3/h3*2-4,6H,1H3;3*2-3,5H,1H3;2-3H,1H3,(H,5,6);2-3,5H,1H3;2,4H,1H3. The van der Waals surface area contributed by atoms with Gasteiger partial charge in [-0.3, -0.25) is 0 Å². The molecule has 0 fully saturated rings. The number of nitrogens with one attached hydrogen (secondary N) is 9. The van der Waals surface area contributed by atoms with Crippen molar-refractivity contribution in [3.05, 3.63) is 122 Å². The molecule has 0 aliphatic carbocycles. The Kier molecular flexibility index (Phi) is 31.8. The average Bonchev–Trinajstić information content (AvgIpc) is 4.21. The molecule has 25 heteroatoms. The number of hydrogen-bond donors (Lipinski definition) is 9. The first-order valence-corrected chi connectivity index (χ1v) is 20.8. The van der Waals surface area contributed by atoms with Gasteiger partial charge in [0.15, 0.2) is 24.5 Å². The molecule has 0 aromatic carbocycles. The second-order valence-corrected chi connectivity index (χ2v) is 12.8. The molecule has 0 saturated carbocycles. The minimum absolute atomic E-state index is 0.583. The van der Waals surface area contributed by atoms with Gasteiger partial charge >= 0.3 is 0 Å². The first-order chi connectivity index (χ1) is 30.9. The van der Waals surface area contributed by atoms with Crippen LogP contribution in [0.2, 0.25) is 0 Å². The summed E-state index contributed by atoms with van der Waals surface area (Å²) < 4.78 is 36.0. The quantitative estimate of drug-likeness (QED) is 0.0652. The van der Waals surface area contributed by atoms with Crippen molar-refractivity contribution in [3.63, 3.8) is 0 Å². The van der Waals surface area contributed by atoms with Crippen molar-refractivity contribution in [2.45, 2.75) is 0 Å². The molecule has 9 heterocycles. The van der Waals surface area contributed by atoms with E-state index >= 15 is 0 Å². The molecule has 0 radical (unpaired) electrons. The van der Waals surface area contributed by atoms with E-state index in [2.05, 4.69) is 95.6 Å². The van der Waals surface area contributed by atoms with Gasteiger partial charge in [-0.2, -0.15) is 13.7 Å². The summed E-state index contributed by atoms with van der Waals surface area (Å²) in [6, 6.07) is 15.3. The summed E-state index contributed by atoms with van der Waals surface area (Å²) in [6.45, 7) is 0. The molecule has 0 saturated heterocycles. The highest BCUT2D eigenvalue weighted by Crippen LogP contribution is 2.13. The lowest BCUT2D eigenvalue weighted by Crippen LogP contribution is -1.84. The molecule has 9 aromatic heterocycles. The van der Waals surface area contributed by atoms with Gasteiger partial charge in [-0.1, -0.05) is 5.16 Å². The fourth-order valence-electron chi connectivity index (χ4n) is 3.23. The number of aromatic nitrogens is 7. The molecule has 0 unspecified atom stereocenters. The van der Waals surface area contributed by atoms with E-state index in [0.717, 1.165) is 28.2 Å². The predicted octanol–water partition coefficient (Wildman–Crippen LogP) is 9.06. The Labute approximate surface area is 378 Å². The molecule has 0 spiro atoms. The summed E-state index contributed by atoms with van der Waals surface area (Å²) in [4.78, 5) is 7.42. The zero-order valence-electron chi connectivity index (χ0n) is 36.4. The normalized spacial score (nSPS) is 8.71. The number of nitrogens with zero attached hydrogens (tertiary/aromatic N) is 7. The number of thiophene rings is 1. The monoisotopic (exact) mass is 928 g/mol. The van der Waals surface area contributed by atoms with Crippen LogP contribution in [0.3, 0.4) is 0 Å². The van der Waals surface area contributed by atoms with E-state index in [4.69, 9.17) is 13.3 Å². The molecule has 22 nitrogen and oxygen atoms in total. The van der Waals surface area contributed by atoms with Crippen LogP contribution in [0.25, 0.3) is 0 Å². The van der Waals surface area contributed by atoms with E-state index in [1.165, 1.54) is 47.1 Å². The van der Waals surface area contributed by atoms with E-state index in [0.29, 0.717) is 17.7 Å². The summed E-state index contributed by atoms with van der Waals surface area (Å²) in [6.07, 6.45) is 15.7. The molecule has 0 atom stereocenters. The first kappa shape index (κ1) is 53.5. The largest absolute Gasteiger partial charge is 0.470 e. The SMILES string of the molecule is CNc1ccco1.CNc1cccs1.CNc1ccno1.CNc1ccns1.CNc1ccoc1.CNc1ccsn1.CNc1cnco1.CNc1cnno1.CNc1cocn1. The molecule has 0 aliphatic heterocycles. The second kappa shape index (κ2) is 37.5. The number of rotatable bonds is 9. The molecule has 0 bridgehead atoms. The number of hydrogen-bond acceptors (Lipinski definition) is 25. The maximum Gasteiger partial charge on any atom is 0.245 e. The van der Waals surface area contributed by atoms with Crippen molar-refractivity contribution < 1.29 is 26.7 Å². The van der Waals surface area contributed by atoms with Crippen LogP contribution in [0.5, 0.6) is 0 Å². The zero-order chi connectivity index (χ0) is 46.0. The van der Waals surface area contributed by atoms with Gasteiger partial charge < -0.3 is 74.6 Å². The van der Waals surface area contributed by atoms with Crippen LogP contribution in [0.4, 0.5) is 50.9 Å². The molecule has 9 N–H and O–H groups in total. The van der Waals surface area contributed by atoms with Gasteiger partial charge in [-0.25, -0.2) is 4.98 Å². The van der Waals surface area contributed by atoms with Gasteiger partial charge in [0, 0.05) is 92.4 Å². The van der Waals surface area contributed by atoms with Crippen LogP contribution >= 0.6 is 34.4 Å². The summed E-state index contributed by atoms with van der Waals surface area (Å²) >= 11 is 4.63. The maximum absolute atomic E-state index is 4.87. The first-order valence-electron chi connectivity index (χ1n) is 18.3. The predicted molar refractivity (Wildman–Crippen MR) is 256 cm³/mol. The summed E-state index contributed by atoms with van der Waals surface area (Å²) in [7, 11) is 16.4. The Morgan fingerprint density at radius 2 is 1.32 bits per heavy atom. The molecule has 0 aliphatic rings. The smallest absolute Gasteiger partial charge is 0.245 e. The maximum atomic E-state index is 4.87. The molecule has 0 amide bonds. The Morgan fingerprint density at radius 1 is 0.540 bits per heavy atom. The van der Waals surface area contributed by atoms with E-state index in [1.54, 1.807) is 89.2 Å². The van der Waals surface area contributed by atoms with Crippen LogP contribution in [-0.2, 0) is 0 Å². The van der Waals surface area contributed by atoms with Crippen molar-refractivity contribution in [2.24, 2.45) is 0 Å². The molecular formula is C38H56N16O6S3. The highest BCUT2D eigenvalue weighted by Gasteiger charge is 1.88. The molecule has 342 valence electrons. The Hall–Kier alpha value is -7.51. The number of oxazole rings is 2. The fourth-order valence-corrected chi connectivity index (χ4v) is 4.78. The third kappa shape index (κ3) is 27.8. The van der Waals surface area contributed by atoms with Gasteiger partial charge in [0.05, 0.1) is 35.6 Å². The number of anilines is 9. The molecule has 9 aromatic rings. The van der Waals surface area contributed by atoms with Gasteiger partial charge in [0.25, 0.3) is 0 Å². The third-order valence-corrected chi connectivity index (χ3v) is 8.59. The van der Waals surface area contributed by atoms with Crippen LogP contribution in [0, 0.1) is 0 Å². The zero-order valence-corrected chi connectivity index (χ0v) is 38.8. The highest BCUT2D eigenvalue weighted by atomic mass is 32.1. The van der Waals surface area contributed by atoms with Gasteiger partial charge in [-0.05, 0) is 64.8 Å². The Morgan fingerprint density at radius 3 is 1.60 bits per heavy atom. The van der Waals surface area contributed by atoms with E-state index in [-0.39, 0.29) is 0 Å². The lowest BCUT2D eigenvalue weighted by Gasteiger charge is -1.85. The highest BCUT2D eigenvalue weighted by molar-refractivity contribution is 7.14. The lowest BCUT2D eigenvalue weighted by molar-refractivity contribution is 0.405. The minimum Gasteiger partial charge on any atom is -0.470 e. The summed E-state index contributed by atoms with van der Waals surface area (Å²) in [5.74, 6) is 4.49. The molecule has 9 rings (SSSR count). The van der Waals surface area contributed by atoms with E-state index in [1.807, 2.05) is 88.5 Å². The second-order valence-electron chi connectivity index (χ2n) is 10.4. The summed E-state index contributed by atoms with van der Waals surface area (Å²) in [5.41, 5.74) is 1.01. The lowest BCUT2D eigenvalue weighted by atomic mass is 10.5. The van der Waals surface area contributed by atoms with Crippen LogP contribution < -0.4 is 47.9 Å². The van der Waals surface area contributed by atoms with E-state index in [9.17, 15) is 0 Å². The Balaban J connectivity index is 0.000000354. The van der Waals surface area contributed by atoms with Gasteiger partial charge in [0.2, 0.25) is 17.7 Å². The fraction of sp³-hybridized carbons (Fsp3) is 0.237. The van der Waals surface area contributed by atoms with Crippen molar-refractivity contribution >= 4 is 85.3 Å². The van der Waals surface area contributed by atoms with Crippen molar-refractivity contribution in [1.82, 2.24) is 34.2 Å². The average molecular weight is 929 g/mol.